The molecule has 0 amide bonds. The Morgan fingerprint density at radius 1 is 1.33 bits per heavy atom. The maximum absolute atomic E-state index is 5.76. The van der Waals surface area contributed by atoms with Gasteiger partial charge in [0.15, 0.2) is 0 Å². The van der Waals surface area contributed by atoms with Crippen molar-refractivity contribution in [3.63, 3.8) is 0 Å². The molecule has 0 fully saturated rings. The summed E-state index contributed by atoms with van der Waals surface area (Å²) in [5.74, 6) is 1.05. The quantitative estimate of drug-likeness (QED) is 0.594. The summed E-state index contributed by atoms with van der Waals surface area (Å²) in [7, 11) is 2.16. The van der Waals surface area contributed by atoms with Crippen molar-refractivity contribution in [2.75, 3.05) is 26.7 Å². The normalized spacial score (nSPS) is 29.1. The smallest absolute Gasteiger partial charge is 0.123 e. The van der Waals surface area contributed by atoms with Crippen LogP contribution >= 0.6 is 0 Å². The second-order valence-electron chi connectivity index (χ2n) is 4.54. The van der Waals surface area contributed by atoms with E-state index in [4.69, 9.17) is 4.74 Å². The number of ether oxygens (including phenoxy) is 1. The summed E-state index contributed by atoms with van der Waals surface area (Å²) in [6.45, 7) is 2.89. The van der Waals surface area contributed by atoms with Crippen LogP contribution in [0.2, 0.25) is 0 Å². The molecular formula is C13H15NO. The van der Waals surface area contributed by atoms with Crippen LogP contribution in [-0.4, -0.2) is 31.6 Å². The van der Waals surface area contributed by atoms with E-state index in [9.17, 15) is 0 Å². The molecule has 15 heavy (non-hydrogen) atoms. The molecule has 3 rings (SSSR count). The molecule has 0 bridgehead atoms. The molecular weight excluding hydrogens is 186 g/mol. The number of benzene rings is 1. The third-order valence-electron chi connectivity index (χ3n) is 3.31. The average Bonchev–Trinajstić information content (AvgIpc) is 2.59. The van der Waals surface area contributed by atoms with Crippen LogP contribution in [-0.2, 0) is 5.41 Å². The Morgan fingerprint density at radius 3 is 3.07 bits per heavy atom. The zero-order valence-electron chi connectivity index (χ0n) is 8.94. The van der Waals surface area contributed by atoms with Crippen LogP contribution in [0.4, 0.5) is 0 Å². The Hall–Kier alpha value is -1.28. The van der Waals surface area contributed by atoms with Crippen molar-refractivity contribution in [3.8, 4) is 5.75 Å². The van der Waals surface area contributed by atoms with Crippen LogP contribution in [0, 0.1) is 0 Å². The fourth-order valence-corrected chi connectivity index (χ4v) is 2.61. The molecule has 2 heteroatoms. The minimum atomic E-state index is 0.101. The van der Waals surface area contributed by atoms with Crippen molar-refractivity contribution in [2.24, 2.45) is 0 Å². The summed E-state index contributed by atoms with van der Waals surface area (Å²) in [6, 6.07) is 8.38. The third kappa shape index (κ3) is 1.29. The van der Waals surface area contributed by atoms with Crippen LogP contribution < -0.4 is 4.74 Å². The number of hydrogen-bond donors (Lipinski definition) is 0. The summed E-state index contributed by atoms with van der Waals surface area (Å²) < 4.78 is 5.76. The largest absolute Gasteiger partial charge is 0.492 e. The highest BCUT2D eigenvalue weighted by Crippen LogP contribution is 2.41. The van der Waals surface area contributed by atoms with Gasteiger partial charge in [0.2, 0.25) is 0 Å². The Kier molecular flexibility index (Phi) is 1.86. The van der Waals surface area contributed by atoms with Crippen LogP contribution in [0.1, 0.15) is 5.56 Å². The molecule has 1 aromatic carbocycles. The van der Waals surface area contributed by atoms with Gasteiger partial charge in [-0.3, -0.25) is 0 Å². The molecule has 1 aromatic rings. The highest BCUT2D eigenvalue weighted by molar-refractivity contribution is 5.47. The van der Waals surface area contributed by atoms with Crippen molar-refractivity contribution in [2.45, 2.75) is 5.41 Å². The SMILES string of the molecule is CN1CC=CC2(COc3ccccc32)C1. The molecule has 0 aliphatic carbocycles. The lowest BCUT2D eigenvalue weighted by Crippen LogP contribution is -2.42. The molecule has 1 spiro atoms. The Balaban J connectivity index is 2.08. The molecule has 2 aliphatic rings. The highest BCUT2D eigenvalue weighted by atomic mass is 16.5. The lowest BCUT2D eigenvalue weighted by Gasteiger charge is -2.33. The van der Waals surface area contributed by atoms with Gasteiger partial charge in [-0.2, -0.15) is 0 Å². The van der Waals surface area contributed by atoms with E-state index in [-0.39, 0.29) is 5.41 Å². The van der Waals surface area contributed by atoms with Gasteiger partial charge in [-0.1, -0.05) is 30.4 Å². The number of rotatable bonds is 0. The van der Waals surface area contributed by atoms with Crippen LogP contribution in [0.5, 0.6) is 5.75 Å². The Morgan fingerprint density at radius 2 is 2.20 bits per heavy atom. The van der Waals surface area contributed by atoms with Gasteiger partial charge in [0.1, 0.15) is 12.4 Å². The monoisotopic (exact) mass is 201 g/mol. The van der Waals surface area contributed by atoms with E-state index in [2.05, 4.69) is 42.3 Å². The van der Waals surface area contributed by atoms with E-state index in [0.717, 1.165) is 25.4 Å². The molecule has 0 radical (unpaired) electrons. The van der Waals surface area contributed by atoms with Gasteiger partial charge in [-0.15, -0.1) is 0 Å². The highest BCUT2D eigenvalue weighted by Gasteiger charge is 2.40. The zero-order chi connectivity index (χ0) is 10.3. The maximum Gasteiger partial charge on any atom is 0.123 e. The first kappa shape index (κ1) is 8.98. The van der Waals surface area contributed by atoms with Gasteiger partial charge in [0, 0.05) is 18.7 Å². The second-order valence-corrected chi connectivity index (χ2v) is 4.54. The molecule has 78 valence electrons. The second kappa shape index (κ2) is 3.11. The Bertz CT molecular complexity index is 413. The minimum absolute atomic E-state index is 0.101. The van der Waals surface area contributed by atoms with Crippen molar-refractivity contribution >= 4 is 0 Å². The molecule has 1 atom stereocenters. The van der Waals surface area contributed by atoms with Gasteiger partial charge >= 0.3 is 0 Å². The fraction of sp³-hybridized carbons (Fsp3) is 0.385. The van der Waals surface area contributed by atoms with Crippen molar-refractivity contribution in [1.82, 2.24) is 4.90 Å². The van der Waals surface area contributed by atoms with Gasteiger partial charge < -0.3 is 9.64 Å². The fourth-order valence-electron chi connectivity index (χ4n) is 2.61. The Labute approximate surface area is 90.2 Å². The minimum Gasteiger partial charge on any atom is -0.492 e. The predicted octanol–water partition coefficient (Wildman–Crippen LogP) is 1.82. The van der Waals surface area contributed by atoms with E-state index in [0.29, 0.717) is 0 Å². The van der Waals surface area contributed by atoms with Crippen LogP contribution in [0.3, 0.4) is 0 Å². The summed E-state index contributed by atoms with van der Waals surface area (Å²) in [6.07, 6.45) is 4.56. The lowest BCUT2D eigenvalue weighted by atomic mass is 9.80. The molecule has 0 N–H and O–H groups in total. The number of likely N-dealkylation sites (N-methyl/N-ethyl adjacent to an activating group) is 1. The van der Waals surface area contributed by atoms with E-state index in [1.54, 1.807) is 0 Å². The maximum atomic E-state index is 5.76. The summed E-state index contributed by atoms with van der Waals surface area (Å²) >= 11 is 0. The number of para-hydroxylation sites is 1. The number of fused-ring (bicyclic) bond motifs is 2. The van der Waals surface area contributed by atoms with Crippen LogP contribution in [0.25, 0.3) is 0 Å². The van der Waals surface area contributed by atoms with E-state index < -0.39 is 0 Å². The lowest BCUT2D eigenvalue weighted by molar-refractivity contribution is 0.227. The van der Waals surface area contributed by atoms with Crippen molar-refractivity contribution in [3.05, 3.63) is 42.0 Å². The summed E-state index contributed by atoms with van der Waals surface area (Å²) in [5.41, 5.74) is 1.44. The summed E-state index contributed by atoms with van der Waals surface area (Å²) in [4.78, 5) is 2.34. The van der Waals surface area contributed by atoms with Crippen LogP contribution in [0.15, 0.2) is 36.4 Å². The summed E-state index contributed by atoms with van der Waals surface area (Å²) in [5, 5.41) is 0. The first-order chi connectivity index (χ1) is 7.30. The van der Waals surface area contributed by atoms with Gasteiger partial charge in [-0.05, 0) is 13.1 Å². The third-order valence-corrected chi connectivity index (χ3v) is 3.31. The van der Waals surface area contributed by atoms with Crippen molar-refractivity contribution < 1.29 is 4.74 Å². The van der Waals surface area contributed by atoms with Gasteiger partial charge in [0.25, 0.3) is 0 Å². The molecule has 0 saturated heterocycles. The van der Waals surface area contributed by atoms with Gasteiger partial charge in [-0.25, -0.2) is 0 Å². The molecule has 0 aromatic heterocycles. The first-order valence-electron chi connectivity index (χ1n) is 5.39. The zero-order valence-corrected chi connectivity index (χ0v) is 8.94. The predicted molar refractivity (Wildman–Crippen MR) is 60.3 cm³/mol. The van der Waals surface area contributed by atoms with Crippen molar-refractivity contribution in [1.29, 1.82) is 0 Å². The molecule has 2 aliphatic heterocycles. The van der Waals surface area contributed by atoms with E-state index in [1.165, 1.54) is 5.56 Å². The van der Waals surface area contributed by atoms with Gasteiger partial charge in [0.05, 0.1) is 5.41 Å². The first-order valence-corrected chi connectivity index (χ1v) is 5.39. The standard InChI is InChI=1S/C13H15NO/c1-14-8-4-7-13(9-14)10-15-12-6-3-2-5-11(12)13/h2-7H,8-10H2,1H3. The number of nitrogens with zero attached hydrogens (tertiary/aromatic N) is 1. The molecule has 1 unspecified atom stereocenters. The number of hydrogen-bond acceptors (Lipinski definition) is 2. The van der Waals surface area contributed by atoms with E-state index >= 15 is 0 Å². The molecule has 2 heterocycles. The topological polar surface area (TPSA) is 12.5 Å². The average molecular weight is 201 g/mol. The molecule has 0 saturated carbocycles. The molecule has 2 nitrogen and oxygen atoms in total. The van der Waals surface area contributed by atoms with E-state index in [1.807, 2.05) is 6.07 Å².